The molecule has 12 heteroatoms. The molecule has 2 aliphatic rings. The van der Waals surface area contributed by atoms with E-state index in [4.69, 9.17) is 36.3 Å². The predicted octanol–water partition coefficient (Wildman–Crippen LogP) is 3.91. The van der Waals surface area contributed by atoms with Crippen molar-refractivity contribution in [3.05, 3.63) is 84.4 Å². The Morgan fingerprint density at radius 2 is 1.09 bits per heavy atom. The zero-order valence-corrected chi connectivity index (χ0v) is 26.9. The van der Waals surface area contributed by atoms with E-state index in [9.17, 15) is 0 Å². The fourth-order valence-corrected chi connectivity index (χ4v) is 5.11. The molecule has 0 saturated carbocycles. The van der Waals surface area contributed by atoms with Crippen LogP contribution in [0.4, 0.5) is 0 Å². The molecule has 4 heterocycles. The molecule has 0 radical (unpaired) electrons. The van der Waals surface area contributed by atoms with E-state index in [1.165, 1.54) is 0 Å². The summed E-state index contributed by atoms with van der Waals surface area (Å²) in [5.74, 6) is 3.22. The number of rotatable bonds is 12. The van der Waals surface area contributed by atoms with Crippen LogP contribution in [0.3, 0.4) is 0 Å². The average molecular weight is 648 g/mol. The largest absolute Gasteiger partial charge is 0.489 e. The van der Waals surface area contributed by atoms with Crippen LogP contribution in [0.15, 0.2) is 73.3 Å². The number of aromatic nitrogens is 4. The molecule has 4 aromatic rings. The number of halogens is 1. The lowest BCUT2D eigenvalue weighted by Crippen LogP contribution is -2.38. The van der Waals surface area contributed by atoms with Crippen molar-refractivity contribution in [1.82, 2.24) is 29.7 Å². The average Bonchev–Trinajstić information content (AvgIpc) is 3.13. The quantitative estimate of drug-likeness (QED) is 0.225. The molecule has 6 rings (SSSR count). The molecule has 2 N–H and O–H groups in total. The molecule has 2 aliphatic heterocycles. The van der Waals surface area contributed by atoms with Crippen LogP contribution in [0.1, 0.15) is 11.1 Å². The SMILES string of the molecule is ClCc1cccc(-c2ncc(OCCN3CCOCC3)cn2)c1.NCc1cccc(-c2ncc(OCCN3CCOCC3)cn2)c1. The molecule has 11 nitrogen and oxygen atoms in total. The molecular weight excluding hydrogens is 606 g/mol. The molecule has 2 saturated heterocycles. The molecule has 0 amide bonds. The highest BCUT2D eigenvalue weighted by Gasteiger charge is 2.11. The van der Waals surface area contributed by atoms with E-state index in [0.29, 0.717) is 48.8 Å². The van der Waals surface area contributed by atoms with Gasteiger partial charge in [-0.25, -0.2) is 19.9 Å². The Morgan fingerprint density at radius 3 is 1.52 bits per heavy atom. The molecular formula is C34H42ClN7O4. The molecule has 0 atom stereocenters. The van der Waals surface area contributed by atoms with Crippen molar-refractivity contribution in [2.75, 3.05) is 78.9 Å². The highest BCUT2D eigenvalue weighted by molar-refractivity contribution is 6.17. The highest BCUT2D eigenvalue weighted by Crippen LogP contribution is 2.20. The maximum absolute atomic E-state index is 5.86. The fraction of sp³-hybridized carbons (Fsp3) is 0.412. The zero-order valence-electron chi connectivity index (χ0n) is 26.1. The lowest BCUT2D eigenvalue weighted by molar-refractivity contribution is 0.0321. The third-order valence-corrected chi connectivity index (χ3v) is 7.89. The van der Waals surface area contributed by atoms with E-state index >= 15 is 0 Å². The zero-order chi connectivity index (χ0) is 31.8. The smallest absolute Gasteiger partial charge is 0.159 e. The number of alkyl halides is 1. The second-order valence-corrected chi connectivity index (χ2v) is 11.1. The number of ether oxygens (including phenoxy) is 4. The first-order valence-corrected chi connectivity index (χ1v) is 16.2. The van der Waals surface area contributed by atoms with Gasteiger partial charge in [0.2, 0.25) is 0 Å². The number of morpholine rings is 2. The summed E-state index contributed by atoms with van der Waals surface area (Å²) in [7, 11) is 0. The lowest BCUT2D eigenvalue weighted by atomic mass is 10.1. The summed E-state index contributed by atoms with van der Waals surface area (Å²) in [5, 5.41) is 0. The lowest BCUT2D eigenvalue weighted by Gasteiger charge is -2.26. The third kappa shape index (κ3) is 10.7. The Bertz CT molecular complexity index is 1340. The maximum atomic E-state index is 5.86. The van der Waals surface area contributed by atoms with Crippen LogP contribution < -0.4 is 15.2 Å². The van der Waals surface area contributed by atoms with Crippen LogP contribution >= 0.6 is 11.6 Å². The van der Waals surface area contributed by atoms with Gasteiger partial charge in [0.25, 0.3) is 0 Å². The number of nitrogens with zero attached hydrogens (tertiary/aromatic N) is 6. The number of hydrogen-bond acceptors (Lipinski definition) is 11. The minimum atomic E-state index is 0.483. The Kier molecular flexibility index (Phi) is 13.5. The van der Waals surface area contributed by atoms with Crippen LogP contribution in [-0.4, -0.2) is 109 Å². The molecule has 0 unspecified atom stereocenters. The molecule has 0 spiro atoms. The molecule has 2 aromatic heterocycles. The van der Waals surface area contributed by atoms with Gasteiger partial charge in [-0.3, -0.25) is 9.80 Å². The van der Waals surface area contributed by atoms with Gasteiger partial charge in [-0.15, -0.1) is 11.6 Å². The maximum Gasteiger partial charge on any atom is 0.159 e. The van der Waals surface area contributed by atoms with E-state index in [1.807, 2.05) is 48.5 Å². The summed E-state index contributed by atoms with van der Waals surface area (Å²) < 4.78 is 22.1. The van der Waals surface area contributed by atoms with Crippen LogP contribution in [0, 0.1) is 0 Å². The molecule has 0 aliphatic carbocycles. The van der Waals surface area contributed by atoms with Gasteiger partial charge in [-0.05, 0) is 23.3 Å². The summed E-state index contributed by atoms with van der Waals surface area (Å²) in [6.07, 6.45) is 6.87. The van der Waals surface area contributed by atoms with Gasteiger partial charge in [-0.2, -0.15) is 0 Å². The van der Waals surface area contributed by atoms with Crippen LogP contribution in [-0.2, 0) is 21.9 Å². The second-order valence-electron chi connectivity index (χ2n) is 10.8. The Balaban J connectivity index is 0.000000181. The van der Waals surface area contributed by atoms with Crippen molar-refractivity contribution in [3.63, 3.8) is 0 Å². The van der Waals surface area contributed by atoms with E-state index in [0.717, 1.165) is 87.9 Å². The van der Waals surface area contributed by atoms with Crippen molar-refractivity contribution < 1.29 is 18.9 Å². The van der Waals surface area contributed by atoms with Crippen molar-refractivity contribution in [1.29, 1.82) is 0 Å². The summed E-state index contributed by atoms with van der Waals surface area (Å²) in [5.41, 5.74) is 9.71. The van der Waals surface area contributed by atoms with E-state index in [-0.39, 0.29) is 0 Å². The minimum absolute atomic E-state index is 0.483. The van der Waals surface area contributed by atoms with Gasteiger partial charge < -0.3 is 24.7 Å². The van der Waals surface area contributed by atoms with Gasteiger partial charge >= 0.3 is 0 Å². The van der Waals surface area contributed by atoms with Crippen LogP contribution in [0.2, 0.25) is 0 Å². The topological polar surface area (TPSA) is 121 Å². The predicted molar refractivity (Wildman–Crippen MR) is 178 cm³/mol. The molecule has 2 fully saturated rings. The van der Waals surface area contributed by atoms with Gasteiger partial charge in [0, 0.05) is 62.8 Å². The molecule has 0 bridgehead atoms. The van der Waals surface area contributed by atoms with Crippen molar-refractivity contribution >= 4 is 11.6 Å². The Morgan fingerprint density at radius 1 is 0.652 bits per heavy atom. The molecule has 244 valence electrons. The standard InChI is InChI=1S/C17H20ClN3O2.C17H22N4O2/c2*18-11-14-2-1-3-15(10-14)17-19-12-16(13-20-17)23-9-6-21-4-7-22-8-5-21/h1-3,10,12-13H,4-9,11H2;1-3,10,12-13H,4-9,11,18H2. The third-order valence-electron chi connectivity index (χ3n) is 7.58. The van der Waals surface area contributed by atoms with Gasteiger partial charge in [-0.1, -0.05) is 36.4 Å². The Labute approximate surface area is 275 Å². The number of nitrogens with two attached hydrogens (primary N) is 1. The highest BCUT2D eigenvalue weighted by atomic mass is 35.5. The van der Waals surface area contributed by atoms with Crippen LogP contribution in [0.25, 0.3) is 22.8 Å². The monoisotopic (exact) mass is 647 g/mol. The van der Waals surface area contributed by atoms with Gasteiger partial charge in [0.15, 0.2) is 23.1 Å². The van der Waals surface area contributed by atoms with E-state index in [2.05, 4.69) is 29.7 Å². The summed E-state index contributed by atoms with van der Waals surface area (Å²) in [4.78, 5) is 22.2. The summed E-state index contributed by atoms with van der Waals surface area (Å²) >= 11 is 5.86. The summed E-state index contributed by atoms with van der Waals surface area (Å²) in [6, 6.07) is 15.9. The Hall–Kier alpha value is -3.71. The number of hydrogen-bond donors (Lipinski definition) is 1. The van der Waals surface area contributed by atoms with E-state index < -0.39 is 0 Å². The fourth-order valence-electron chi connectivity index (χ4n) is 4.95. The molecule has 46 heavy (non-hydrogen) atoms. The normalized spacial score (nSPS) is 15.5. The minimum Gasteiger partial charge on any atom is -0.489 e. The van der Waals surface area contributed by atoms with Crippen molar-refractivity contribution in [2.45, 2.75) is 12.4 Å². The first kappa shape index (κ1) is 33.6. The number of benzene rings is 2. The molecule has 2 aromatic carbocycles. The van der Waals surface area contributed by atoms with E-state index in [1.54, 1.807) is 24.8 Å². The summed E-state index contributed by atoms with van der Waals surface area (Å²) in [6.45, 7) is 10.6. The van der Waals surface area contributed by atoms with Gasteiger partial charge in [0.1, 0.15) is 13.2 Å². The first-order valence-electron chi connectivity index (χ1n) is 15.6. The van der Waals surface area contributed by atoms with Gasteiger partial charge in [0.05, 0.1) is 51.2 Å². The van der Waals surface area contributed by atoms with Crippen molar-refractivity contribution in [2.24, 2.45) is 5.73 Å². The van der Waals surface area contributed by atoms with Crippen LogP contribution in [0.5, 0.6) is 11.5 Å². The second kappa shape index (κ2) is 18.4. The van der Waals surface area contributed by atoms with Crippen molar-refractivity contribution in [3.8, 4) is 34.3 Å². The first-order chi connectivity index (χ1) is 22.7.